The molecule has 3 aliphatic heterocycles. The minimum Gasteiger partial charge on any atom is -0.352 e. The maximum absolute atomic E-state index is 12.9. The number of piperidine rings is 1. The molecule has 5 atom stereocenters. The average molecular weight is 368 g/mol. The minimum absolute atomic E-state index is 0.0538. The number of amides is 1. The van der Waals surface area contributed by atoms with Crippen LogP contribution in [-0.2, 0) is 11.3 Å². The predicted octanol–water partition coefficient (Wildman–Crippen LogP) is 3.22. The molecule has 4 fully saturated rings. The normalized spacial score (nSPS) is 38.5. The summed E-state index contributed by atoms with van der Waals surface area (Å²) in [6.07, 6.45) is 11.1. The third kappa shape index (κ3) is 3.66. The van der Waals surface area contributed by atoms with Crippen LogP contribution in [0.1, 0.15) is 63.4 Å². The van der Waals surface area contributed by atoms with Crippen molar-refractivity contribution in [2.75, 3.05) is 0 Å². The summed E-state index contributed by atoms with van der Waals surface area (Å²) in [5, 5.41) is 7.07. The van der Waals surface area contributed by atoms with Crippen molar-refractivity contribution < 1.29 is 4.79 Å². The van der Waals surface area contributed by atoms with Gasteiger partial charge in [0.1, 0.15) is 0 Å². The van der Waals surface area contributed by atoms with Crippen molar-refractivity contribution in [3.63, 3.8) is 0 Å². The van der Waals surface area contributed by atoms with Gasteiger partial charge >= 0.3 is 0 Å². The molecule has 1 amide bonds. The molecule has 5 unspecified atom stereocenters. The number of nitrogens with one attached hydrogen (secondary N) is 2. The average Bonchev–Trinajstić information content (AvgIpc) is 3.21. The van der Waals surface area contributed by atoms with Gasteiger partial charge in [0, 0.05) is 30.7 Å². The molecule has 1 aromatic carbocycles. The molecule has 27 heavy (non-hydrogen) atoms. The molecule has 0 spiro atoms. The Balaban J connectivity index is 1.16. The molecule has 4 aliphatic rings. The number of nitrogens with zero attached hydrogens (tertiary/aromatic N) is 1. The molecule has 2 N–H and O–H groups in total. The summed E-state index contributed by atoms with van der Waals surface area (Å²) in [5.74, 6) is 1.00. The molecule has 1 aliphatic carbocycles. The Kier molecular flexibility index (Phi) is 4.95. The van der Waals surface area contributed by atoms with E-state index in [0.29, 0.717) is 24.2 Å². The number of rotatable bonds is 4. The van der Waals surface area contributed by atoms with E-state index in [1.165, 1.54) is 44.1 Å². The fraction of sp³-hybridized carbons (Fsp3) is 0.696. The molecule has 5 rings (SSSR count). The van der Waals surface area contributed by atoms with Crippen LogP contribution in [0.15, 0.2) is 30.3 Å². The van der Waals surface area contributed by atoms with Crippen molar-refractivity contribution in [1.29, 1.82) is 0 Å². The Morgan fingerprint density at radius 1 is 1.00 bits per heavy atom. The van der Waals surface area contributed by atoms with E-state index in [1.54, 1.807) is 0 Å². The van der Waals surface area contributed by atoms with E-state index in [0.717, 1.165) is 31.7 Å². The largest absolute Gasteiger partial charge is 0.352 e. The zero-order valence-electron chi connectivity index (χ0n) is 16.3. The van der Waals surface area contributed by atoms with Crippen LogP contribution in [-0.4, -0.2) is 41.0 Å². The molecule has 1 aromatic rings. The van der Waals surface area contributed by atoms with Gasteiger partial charge in [-0.2, -0.15) is 0 Å². The lowest BCUT2D eigenvalue weighted by atomic mass is 9.85. The van der Waals surface area contributed by atoms with Gasteiger partial charge in [0.25, 0.3) is 0 Å². The molecule has 4 heteroatoms. The fourth-order valence-electron chi connectivity index (χ4n) is 6.27. The van der Waals surface area contributed by atoms with Gasteiger partial charge in [0.2, 0.25) is 5.91 Å². The highest BCUT2D eigenvalue weighted by atomic mass is 16.2. The summed E-state index contributed by atoms with van der Waals surface area (Å²) in [4.78, 5) is 15.6. The van der Waals surface area contributed by atoms with Crippen LogP contribution < -0.4 is 10.6 Å². The summed E-state index contributed by atoms with van der Waals surface area (Å²) in [6, 6.07) is 13.1. The maximum atomic E-state index is 12.9. The van der Waals surface area contributed by atoms with Crippen molar-refractivity contribution in [1.82, 2.24) is 15.5 Å². The van der Waals surface area contributed by atoms with Crippen LogP contribution in [0.25, 0.3) is 0 Å². The summed E-state index contributed by atoms with van der Waals surface area (Å²) < 4.78 is 0. The molecule has 0 aromatic heterocycles. The number of carbonyl (C=O) groups is 1. The van der Waals surface area contributed by atoms with Gasteiger partial charge in [-0.15, -0.1) is 0 Å². The molecule has 3 saturated heterocycles. The Morgan fingerprint density at radius 2 is 1.74 bits per heavy atom. The topological polar surface area (TPSA) is 44.4 Å². The first kappa shape index (κ1) is 17.7. The van der Waals surface area contributed by atoms with E-state index in [2.05, 4.69) is 45.9 Å². The summed E-state index contributed by atoms with van der Waals surface area (Å²) in [7, 11) is 0. The monoisotopic (exact) mass is 367 g/mol. The Hall–Kier alpha value is -1.39. The van der Waals surface area contributed by atoms with Crippen LogP contribution in [0.5, 0.6) is 0 Å². The molecule has 4 nitrogen and oxygen atoms in total. The Morgan fingerprint density at radius 3 is 2.48 bits per heavy atom. The zero-order valence-corrected chi connectivity index (χ0v) is 16.3. The molecule has 2 bridgehead atoms. The van der Waals surface area contributed by atoms with Gasteiger partial charge in [0.05, 0.1) is 6.04 Å². The van der Waals surface area contributed by atoms with E-state index in [4.69, 9.17) is 0 Å². The number of benzene rings is 1. The lowest BCUT2D eigenvalue weighted by Crippen LogP contribution is -2.53. The van der Waals surface area contributed by atoms with Crippen LogP contribution in [0.2, 0.25) is 0 Å². The van der Waals surface area contributed by atoms with E-state index < -0.39 is 0 Å². The Labute approximate surface area is 163 Å². The second kappa shape index (κ2) is 7.56. The summed E-state index contributed by atoms with van der Waals surface area (Å²) >= 11 is 0. The lowest BCUT2D eigenvalue weighted by Gasteiger charge is -2.39. The van der Waals surface area contributed by atoms with Crippen molar-refractivity contribution in [3.05, 3.63) is 35.9 Å². The van der Waals surface area contributed by atoms with E-state index in [1.807, 2.05) is 0 Å². The second-order valence-corrected chi connectivity index (χ2v) is 9.33. The third-order valence-electron chi connectivity index (χ3n) is 7.62. The summed E-state index contributed by atoms with van der Waals surface area (Å²) in [6.45, 7) is 1.06. The second-order valence-electron chi connectivity index (χ2n) is 9.33. The molecular formula is C23H33N3O. The highest BCUT2D eigenvalue weighted by Crippen LogP contribution is 2.37. The number of hydrogen-bond donors (Lipinski definition) is 2. The molecular weight excluding hydrogens is 334 g/mol. The number of fused-ring (bicyclic) bond motifs is 3. The van der Waals surface area contributed by atoms with Gasteiger partial charge in [0.15, 0.2) is 0 Å². The first-order valence-electron chi connectivity index (χ1n) is 11.1. The highest BCUT2D eigenvalue weighted by Gasteiger charge is 2.43. The van der Waals surface area contributed by atoms with Gasteiger partial charge in [-0.1, -0.05) is 43.2 Å². The van der Waals surface area contributed by atoms with Crippen molar-refractivity contribution in [3.8, 4) is 0 Å². The van der Waals surface area contributed by atoms with Crippen molar-refractivity contribution in [2.45, 2.75) is 94.5 Å². The van der Waals surface area contributed by atoms with E-state index in [-0.39, 0.29) is 11.9 Å². The molecule has 3 heterocycles. The van der Waals surface area contributed by atoms with Crippen LogP contribution in [0, 0.1) is 5.92 Å². The number of hydrogen-bond acceptors (Lipinski definition) is 3. The fourth-order valence-corrected chi connectivity index (χ4v) is 6.27. The van der Waals surface area contributed by atoms with Gasteiger partial charge in [-0.3, -0.25) is 9.69 Å². The van der Waals surface area contributed by atoms with E-state index in [9.17, 15) is 4.79 Å². The van der Waals surface area contributed by atoms with Gasteiger partial charge in [-0.05, 0) is 56.4 Å². The standard InChI is InChI=1S/C23H33N3O/c27-23(22-12-17-8-4-5-9-21(17)25-22)24-18-13-19-10-11-20(14-18)26(19)15-16-6-2-1-3-7-16/h1-3,6-7,17-22,25H,4-5,8-15H2,(H,24,27). The minimum atomic E-state index is 0.0538. The highest BCUT2D eigenvalue weighted by molar-refractivity contribution is 5.82. The molecule has 0 radical (unpaired) electrons. The van der Waals surface area contributed by atoms with Crippen molar-refractivity contribution in [2.24, 2.45) is 5.92 Å². The van der Waals surface area contributed by atoms with Crippen LogP contribution >= 0.6 is 0 Å². The third-order valence-corrected chi connectivity index (χ3v) is 7.62. The smallest absolute Gasteiger partial charge is 0.237 e. The van der Waals surface area contributed by atoms with E-state index >= 15 is 0 Å². The summed E-state index contributed by atoms with van der Waals surface area (Å²) in [5.41, 5.74) is 1.41. The first-order chi connectivity index (χ1) is 13.3. The molecule has 1 saturated carbocycles. The van der Waals surface area contributed by atoms with Gasteiger partial charge in [-0.25, -0.2) is 0 Å². The Bertz CT molecular complexity index is 635. The van der Waals surface area contributed by atoms with Gasteiger partial charge < -0.3 is 10.6 Å². The SMILES string of the molecule is O=C(NC1CC2CCC(C1)N2Cc1ccccc1)C1CC2CCCCC2N1. The lowest BCUT2D eigenvalue weighted by molar-refractivity contribution is -0.124. The zero-order chi connectivity index (χ0) is 18.2. The molecule has 146 valence electrons. The van der Waals surface area contributed by atoms with Crippen molar-refractivity contribution >= 4 is 5.91 Å². The predicted molar refractivity (Wildman–Crippen MR) is 107 cm³/mol. The number of carbonyl (C=O) groups excluding carboxylic acids is 1. The quantitative estimate of drug-likeness (QED) is 0.859. The van der Waals surface area contributed by atoms with Crippen LogP contribution in [0.3, 0.4) is 0 Å². The first-order valence-corrected chi connectivity index (χ1v) is 11.1. The van der Waals surface area contributed by atoms with Crippen LogP contribution in [0.4, 0.5) is 0 Å². The maximum Gasteiger partial charge on any atom is 0.237 e.